The molecular formula is C32H34ClIN3O-. The van der Waals surface area contributed by atoms with Crippen molar-refractivity contribution in [1.82, 2.24) is 10.6 Å². The van der Waals surface area contributed by atoms with Crippen LogP contribution in [0.3, 0.4) is 0 Å². The summed E-state index contributed by atoms with van der Waals surface area (Å²) in [7, 11) is 1.79. The van der Waals surface area contributed by atoms with Crippen LogP contribution in [0.1, 0.15) is 28.7 Å². The van der Waals surface area contributed by atoms with Gasteiger partial charge in [-0.1, -0.05) is 115 Å². The molecular weight excluding hydrogens is 605 g/mol. The quantitative estimate of drug-likeness (QED) is 0.0871. The standard InChI is InChI=1S/C32H34ClN3O.HI/c1-34-31(36-24-22-26-18-20-30(33)21-19-26)35-23-11-25-37-32(27-12-5-2-6-13-27,28-14-7-3-8-15-28)29-16-9-4-10-17-29;/h2-10,12-21H,11,22-25H2,1H3,(H2,34,35,36);1H/p-1. The Kier molecular flexibility index (Phi) is 12.1. The van der Waals surface area contributed by atoms with Gasteiger partial charge < -0.3 is 39.3 Å². The minimum absolute atomic E-state index is 0. The van der Waals surface area contributed by atoms with Gasteiger partial charge in [-0.15, -0.1) is 0 Å². The van der Waals surface area contributed by atoms with Crippen LogP contribution in [0.15, 0.2) is 120 Å². The molecule has 0 spiro atoms. The first-order valence-corrected chi connectivity index (χ1v) is 13.1. The van der Waals surface area contributed by atoms with Crippen LogP contribution in [0.2, 0.25) is 5.02 Å². The molecule has 0 aliphatic rings. The zero-order chi connectivity index (χ0) is 25.8. The fraction of sp³-hybridized carbons (Fsp3) is 0.219. The van der Waals surface area contributed by atoms with Crippen LogP contribution in [0.25, 0.3) is 0 Å². The molecule has 0 atom stereocenters. The van der Waals surface area contributed by atoms with Gasteiger partial charge in [-0.3, -0.25) is 4.99 Å². The van der Waals surface area contributed by atoms with Gasteiger partial charge in [0, 0.05) is 25.2 Å². The van der Waals surface area contributed by atoms with E-state index in [4.69, 9.17) is 16.3 Å². The molecule has 0 saturated carbocycles. The molecule has 4 aromatic carbocycles. The van der Waals surface area contributed by atoms with Gasteiger partial charge in [0.1, 0.15) is 5.60 Å². The largest absolute Gasteiger partial charge is 1.00 e. The smallest absolute Gasteiger partial charge is 0.190 e. The lowest BCUT2D eigenvalue weighted by atomic mass is 9.80. The second kappa shape index (κ2) is 15.5. The highest BCUT2D eigenvalue weighted by Gasteiger charge is 2.37. The maximum absolute atomic E-state index is 6.84. The molecule has 4 aromatic rings. The van der Waals surface area contributed by atoms with Crippen molar-refractivity contribution in [3.8, 4) is 0 Å². The third-order valence-corrected chi connectivity index (χ3v) is 6.57. The average Bonchev–Trinajstić information content (AvgIpc) is 2.96. The summed E-state index contributed by atoms with van der Waals surface area (Å²) in [4.78, 5) is 4.36. The molecule has 2 N–H and O–H groups in total. The van der Waals surface area contributed by atoms with Crippen LogP contribution < -0.4 is 34.6 Å². The van der Waals surface area contributed by atoms with E-state index in [2.05, 4.69) is 101 Å². The molecule has 0 fully saturated rings. The van der Waals surface area contributed by atoms with Crippen molar-refractivity contribution in [2.45, 2.75) is 18.4 Å². The molecule has 0 saturated heterocycles. The fourth-order valence-electron chi connectivity index (χ4n) is 4.47. The summed E-state index contributed by atoms with van der Waals surface area (Å²) in [5.74, 6) is 0.786. The van der Waals surface area contributed by atoms with Crippen molar-refractivity contribution >= 4 is 17.6 Å². The third kappa shape index (κ3) is 7.82. The zero-order valence-electron chi connectivity index (χ0n) is 21.6. The summed E-state index contributed by atoms with van der Waals surface area (Å²) in [6, 6.07) is 39.4. The molecule has 0 aliphatic carbocycles. The Morgan fingerprint density at radius 1 is 0.711 bits per heavy atom. The van der Waals surface area contributed by atoms with E-state index < -0.39 is 5.60 Å². The highest BCUT2D eigenvalue weighted by Crippen LogP contribution is 2.40. The van der Waals surface area contributed by atoms with E-state index in [-0.39, 0.29) is 24.0 Å². The van der Waals surface area contributed by atoms with E-state index in [0.717, 1.165) is 53.6 Å². The lowest BCUT2D eigenvalue weighted by Gasteiger charge is -2.36. The van der Waals surface area contributed by atoms with E-state index in [1.165, 1.54) is 5.56 Å². The van der Waals surface area contributed by atoms with Crippen molar-refractivity contribution in [3.63, 3.8) is 0 Å². The molecule has 4 rings (SSSR count). The van der Waals surface area contributed by atoms with Crippen LogP contribution in [-0.4, -0.2) is 32.7 Å². The highest BCUT2D eigenvalue weighted by atomic mass is 127. The van der Waals surface area contributed by atoms with Gasteiger partial charge in [-0.05, 0) is 47.2 Å². The maximum Gasteiger partial charge on any atom is 0.190 e. The molecule has 6 heteroatoms. The van der Waals surface area contributed by atoms with Gasteiger partial charge in [-0.25, -0.2) is 0 Å². The van der Waals surface area contributed by atoms with Gasteiger partial charge in [0.05, 0.1) is 6.61 Å². The van der Waals surface area contributed by atoms with Crippen molar-refractivity contribution < 1.29 is 28.7 Å². The predicted octanol–water partition coefficient (Wildman–Crippen LogP) is 3.45. The SMILES string of the molecule is CN=C(NCCCOC(c1ccccc1)(c1ccccc1)c1ccccc1)NCCc1ccc(Cl)cc1.[I-]. The van der Waals surface area contributed by atoms with E-state index >= 15 is 0 Å². The van der Waals surface area contributed by atoms with Crippen molar-refractivity contribution in [2.24, 2.45) is 4.99 Å². The van der Waals surface area contributed by atoms with Gasteiger partial charge >= 0.3 is 0 Å². The van der Waals surface area contributed by atoms with Crippen molar-refractivity contribution in [3.05, 3.63) is 143 Å². The number of nitrogens with one attached hydrogen (secondary N) is 2. The predicted molar refractivity (Wildman–Crippen MR) is 154 cm³/mol. The third-order valence-electron chi connectivity index (χ3n) is 6.32. The summed E-state index contributed by atoms with van der Waals surface area (Å²) in [6.07, 6.45) is 1.72. The normalized spacial score (nSPS) is 11.5. The molecule has 0 bridgehead atoms. The van der Waals surface area contributed by atoms with E-state index in [1.807, 2.05) is 30.3 Å². The minimum atomic E-state index is -0.692. The molecule has 4 nitrogen and oxygen atoms in total. The van der Waals surface area contributed by atoms with Crippen LogP contribution in [0.5, 0.6) is 0 Å². The lowest BCUT2D eigenvalue weighted by Crippen LogP contribution is -3.00. The number of benzene rings is 4. The lowest BCUT2D eigenvalue weighted by molar-refractivity contribution is -0.0000168. The molecule has 0 heterocycles. The Hall–Kier alpha value is -2.87. The van der Waals surface area contributed by atoms with E-state index in [0.29, 0.717) is 6.61 Å². The molecule has 198 valence electrons. The minimum Gasteiger partial charge on any atom is -1.00 e. The van der Waals surface area contributed by atoms with Gasteiger partial charge in [0.25, 0.3) is 0 Å². The van der Waals surface area contributed by atoms with Gasteiger partial charge in [0.2, 0.25) is 0 Å². The summed E-state index contributed by atoms with van der Waals surface area (Å²) < 4.78 is 6.84. The number of halogens is 2. The molecule has 0 aliphatic heterocycles. The van der Waals surface area contributed by atoms with Crippen LogP contribution in [0, 0.1) is 0 Å². The Morgan fingerprint density at radius 3 is 1.66 bits per heavy atom. The van der Waals surface area contributed by atoms with Gasteiger partial charge in [0.15, 0.2) is 5.96 Å². The van der Waals surface area contributed by atoms with E-state index in [9.17, 15) is 0 Å². The maximum atomic E-state index is 6.84. The van der Waals surface area contributed by atoms with Gasteiger partial charge in [-0.2, -0.15) is 0 Å². The first kappa shape index (κ1) is 29.7. The molecule has 0 unspecified atom stereocenters. The zero-order valence-corrected chi connectivity index (χ0v) is 24.5. The fourth-order valence-corrected chi connectivity index (χ4v) is 4.60. The average molecular weight is 639 g/mol. The number of hydrogen-bond acceptors (Lipinski definition) is 2. The van der Waals surface area contributed by atoms with Crippen molar-refractivity contribution in [2.75, 3.05) is 26.7 Å². The summed E-state index contributed by atoms with van der Waals surface area (Å²) in [5.41, 5.74) is 3.88. The number of aliphatic imine (C=N–C) groups is 1. The van der Waals surface area contributed by atoms with Crippen LogP contribution >= 0.6 is 11.6 Å². The number of hydrogen-bond donors (Lipinski definition) is 2. The topological polar surface area (TPSA) is 45.7 Å². The van der Waals surface area contributed by atoms with Crippen LogP contribution in [0.4, 0.5) is 0 Å². The molecule has 38 heavy (non-hydrogen) atoms. The number of rotatable bonds is 11. The Balaban J connectivity index is 0.00000400. The number of guanidine groups is 1. The second-order valence-electron chi connectivity index (χ2n) is 8.78. The summed E-state index contributed by atoms with van der Waals surface area (Å²) in [6.45, 7) is 2.11. The summed E-state index contributed by atoms with van der Waals surface area (Å²) >= 11 is 5.98. The second-order valence-corrected chi connectivity index (χ2v) is 9.22. The summed E-state index contributed by atoms with van der Waals surface area (Å²) in [5, 5.41) is 7.55. The Labute approximate surface area is 248 Å². The first-order valence-electron chi connectivity index (χ1n) is 12.7. The highest BCUT2D eigenvalue weighted by molar-refractivity contribution is 6.30. The Bertz CT molecular complexity index is 1140. The molecule has 0 radical (unpaired) electrons. The number of nitrogens with zero attached hydrogens (tertiary/aromatic N) is 1. The van der Waals surface area contributed by atoms with E-state index in [1.54, 1.807) is 7.05 Å². The monoisotopic (exact) mass is 638 g/mol. The first-order chi connectivity index (χ1) is 18.2. The van der Waals surface area contributed by atoms with Crippen LogP contribution in [-0.2, 0) is 16.8 Å². The van der Waals surface area contributed by atoms with Crippen molar-refractivity contribution in [1.29, 1.82) is 0 Å². The molecule has 0 amide bonds. The number of ether oxygens (including phenoxy) is 1. The Morgan fingerprint density at radius 2 is 1.18 bits per heavy atom. The molecule has 0 aromatic heterocycles.